The number of hydrogen-bond acceptors (Lipinski definition) is 2. The fourth-order valence-corrected chi connectivity index (χ4v) is 1.75. The summed E-state index contributed by atoms with van der Waals surface area (Å²) in [5.74, 6) is 0. The first-order chi connectivity index (χ1) is 7.61. The molecule has 0 fully saturated rings. The Morgan fingerprint density at radius 3 is 2.56 bits per heavy atom. The summed E-state index contributed by atoms with van der Waals surface area (Å²) in [5, 5.41) is 0.436. The SMILES string of the molecule is CN1C(=O)N(c2ccccc2)C=C(Cl)C1N. The summed E-state index contributed by atoms with van der Waals surface area (Å²) in [4.78, 5) is 14.8. The number of rotatable bonds is 1. The number of likely N-dealkylation sites (N-methyl/N-ethyl adjacent to an activating group) is 1. The van der Waals surface area contributed by atoms with Crippen LogP contribution in [0.15, 0.2) is 41.6 Å². The molecule has 1 aliphatic heterocycles. The molecule has 2 N–H and O–H groups in total. The molecule has 0 saturated carbocycles. The van der Waals surface area contributed by atoms with Crippen LogP contribution in [0.4, 0.5) is 10.5 Å². The molecular formula is C11H12ClN3O. The maximum atomic E-state index is 12.0. The van der Waals surface area contributed by atoms with Crippen LogP contribution in [0.5, 0.6) is 0 Å². The summed E-state index contributed by atoms with van der Waals surface area (Å²) in [7, 11) is 1.62. The Hall–Kier alpha value is -1.52. The summed E-state index contributed by atoms with van der Waals surface area (Å²) in [6, 6.07) is 9.09. The van der Waals surface area contributed by atoms with E-state index >= 15 is 0 Å². The van der Waals surface area contributed by atoms with E-state index in [-0.39, 0.29) is 6.03 Å². The summed E-state index contributed by atoms with van der Waals surface area (Å²) in [5.41, 5.74) is 6.50. The molecule has 1 unspecified atom stereocenters. The second-order valence-corrected chi connectivity index (χ2v) is 3.99. The minimum absolute atomic E-state index is 0.192. The van der Waals surface area contributed by atoms with Crippen molar-refractivity contribution in [2.75, 3.05) is 11.9 Å². The lowest BCUT2D eigenvalue weighted by molar-refractivity contribution is 0.205. The number of nitrogens with zero attached hydrogens (tertiary/aromatic N) is 2. The monoisotopic (exact) mass is 237 g/mol. The first-order valence-corrected chi connectivity index (χ1v) is 5.23. The summed E-state index contributed by atoms with van der Waals surface area (Å²) in [6.45, 7) is 0. The molecule has 0 aliphatic carbocycles. The predicted molar refractivity (Wildman–Crippen MR) is 64.0 cm³/mol. The highest BCUT2D eigenvalue weighted by molar-refractivity contribution is 6.31. The van der Waals surface area contributed by atoms with Gasteiger partial charge in [0.2, 0.25) is 0 Å². The first-order valence-electron chi connectivity index (χ1n) is 4.85. The second kappa shape index (κ2) is 4.15. The Bertz CT molecular complexity index is 432. The van der Waals surface area contributed by atoms with Crippen molar-refractivity contribution in [1.29, 1.82) is 0 Å². The van der Waals surface area contributed by atoms with E-state index in [0.717, 1.165) is 5.69 Å². The highest BCUT2D eigenvalue weighted by atomic mass is 35.5. The Morgan fingerprint density at radius 1 is 1.31 bits per heavy atom. The van der Waals surface area contributed by atoms with Gasteiger partial charge in [0, 0.05) is 13.2 Å². The number of para-hydroxylation sites is 1. The average Bonchev–Trinajstić information content (AvgIpc) is 2.32. The van der Waals surface area contributed by atoms with E-state index in [4.69, 9.17) is 17.3 Å². The van der Waals surface area contributed by atoms with Gasteiger partial charge < -0.3 is 10.6 Å². The number of urea groups is 1. The second-order valence-electron chi connectivity index (χ2n) is 3.56. The van der Waals surface area contributed by atoms with E-state index in [1.807, 2.05) is 30.3 Å². The van der Waals surface area contributed by atoms with Crippen LogP contribution in [0.25, 0.3) is 0 Å². The van der Waals surface area contributed by atoms with E-state index < -0.39 is 6.17 Å². The number of nitrogens with two attached hydrogens (primary N) is 1. The summed E-state index contributed by atoms with van der Waals surface area (Å²) >= 11 is 5.97. The van der Waals surface area contributed by atoms with Crippen molar-refractivity contribution in [2.45, 2.75) is 6.17 Å². The molecule has 2 amide bonds. The highest BCUT2D eigenvalue weighted by Crippen LogP contribution is 2.24. The van der Waals surface area contributed by atoms with Crippen LogP contribution in [0.1, 0.15) is 0 Å². The molecule has 4 nitrogen and oxygen atoms in total. The predicted octanol–water partition coefficient (Wildman–Crippen LogP) is 1.92. The molecular weight excluding hydrogens is 226 g/mol. The number of carbonyl (C=O) groups excluding carboxylic acids is 1. The highest BCUT2D eigenvalue weighted by Gasteiger charge is 2.29. The first kappa shape index (κ1) is 11.0. The van der Waals surface area contributed by atoms with Crippen LogP contribution >= 0.6 is 11.6 Å². The molecule has 0 radical (unpaired) electrons. The van der Waals surface area contributed by atoms with E-state index in [0.29, 0.717) is 5.03 Å². The van der Waals surface area contributed by atoms with Gasteiger partial charge in [-0.2, -0.15) is 0 Å². The van der Waals surface area contributed by atoms with Gasteiger partial charge in [0.15, 0.2) is 0 Å². The van der Waals surface area contributed by atoms with E-state index in [9.17, 15) is 4.79 Å². The maximum absolute atomic E-state index is 12.0. The standard InChI is InChI=1S/C11H12ClN3O/c1-14-10(13)9(12)7-15(11(14)16)8-5-3-2-4-6-8/h2-7,10H,13H2,1H3. The molecule has 16 heavy (non-hydrogen) atoms. The van der Waals surface area contributed by atoms with Crippen molar-refractivity contribution in [3.05, 3.63) is 41.6 Å². The normalized spacial score (nSPS) is 21.1. The lowest BCUT2D eigenvalue weighted by atomic mass is 10.2. The third-order valence-corrected chi connectivity index (χ3v) is 2.82. The van der Waals surface area contributed by atoms with E-state index in [1.54, 1.807) is 13.2 Å². The smallest absolute Gasteiger partial charge is 0.307 e. The molecule has 0 saturated heterocycles. The number of hydrogen-bond donors (Lipinski definition) is 1. The van der Waals surface area contributed by atoms with Gasteiger partial charge in [-0.3, -0.25) is 4.90 Å². The minimum Gasteiger partial charge on any atom is -0.307 e. The lowest BCUT2D eigenvalue weighted by Gasteiger charge is -2.34. The third kappa shape index (κ3) is 1.77. The molecule has 0 aromatic heterocycles. The largest absolute Gasteiger partial charge is 0.329 e. The number of benzene rings is 1. The van der Waals surface area contributed by atoms with Gasteiger partial charge in [0.1, 0.15) is 6.17 Å². The van der Waals surface area contributed by atoms with Crippen LogP contribution in [0.2, 0.25) is 0 Å². The number of anilines is 1. The van der Waals surface area contributed by atoms with Gasteiger partial charge in [-0.1, -0.05) is 29.8 Å². The molecule has 1 aromatic rings. The number of halogens is 1. The van der Waals surface area contributed by atoms with Crippen molar-refractivity contribution in [1.82, 2.24) is 4.90 Å². The Kier molecular flexibility index (Phi) is 2.85. The van der Waals surface area contributed by atoms with Crippen molar-refractivity contribution < 1.29 is 4.79 Å². The van der Waals surface area contributed by atoms with Gasteiger partial charge >= 0.3 is 6.03 Å². The Morgan fingerprint density at radius 2 is 1.94 bits per heavy atom. The summed E-state index contributed by atoms with van der Waals surface area (Å²) < 4.78 is 0. The van der Waals surface area contributed by atoms with Crippen molar-refractivity contribution in [3.8, 4) is 0 Å². The van der Waals surface area contributed by atoms with Gasteiger partial charge in [-0.05, 0) is 12.1 Å². The van der Waals surface area contributed by atoms with Gasteiger partial charge in [0.05, 0.1) is 10.7 Å². The molecule has 2 rings (SSSR count). The summed E-state index contributed by atoms with van der Waals surface area (Å²) in [6.07, 6.45) is 0.998. The molecule has 5 heteroatoms. The molecule has 0 spiro atoms. The zero-order chi connectivity index (χ0) is 11.7. The quantitative estimate of drug-likeness (QED) is 0.811. The topological polar surface area (TPSA) is 49.6 Å². The Labute approximate surface area is 98.9 Å². The van der Waals surface area contributed by atoms with Gasteiger partial charge in [-0.15, -0.1) is 0 Å². The van der Waals surface area contributed by atoms with Crippen molar-refractivity contribution >= 4 is 23.3 Å². The van der Waals surface area contributed by atoms with Crippen LogP contribution in [0.3, 0.4) is 0 Å². The van der Waals surface area contributed by atoms with Gasteiger partial charge in [0.25, 0.3) is 0 Å². The van der Waals surface area contributed by atoms with E-state index in [1.165, 1.54) is 9.80 Å². The molecule has 1 atom stereocenters. The van der Waals surface area contributed by atoms with Crippen LogP contribution in [-0.4, -0.2) is 24.1 Å². The lowest BCUT2D eigenvalue weighted by Crippen LogP contribution is -2.52. The molecule has 0 bridgehead atoms. The molecule has 84 valence electrons. The number of carbonyl (C=O) groups is 1. The Balaban J connectivity index is 2.39. The molecule has 1 aromatic carbocycles. The number of amides is 2. The third-order valence-electron chi connectivity index (χ3n) is 2.49. The zero-order valence-corrected chi connectivity index (χ0v) is 9.56. The fraction of sp³-hybridized carbons (Fsp3) is 0.182. The van der Waals surface area contributed by atoms with Crippen molar-refractivity contribution in [2.24, 2.45) is 5.73 Å². The van der Waals surface area contributed by atoms with Crippen molar-refractivity contribution in [3.63, 3.8) is 0 Å². The molecule has 1 heterocycles. The van der Waals surface area contributed by atoms with Gasteiger partial charge in [-0.25, -0.2) is 4.79 Å². The average molecular weight is 238 g/mol. The maximum Gasteiger partial charge on any atom is 0.329 e. The molecule has 1 aliphatic rings. The fourth-order valence-electron chi connectivity index (χ4n) is 1.50. The zero-order valence-electron chi connectivity index (χ0n) is 8.80. The van der Waals surface area contributed by atoms with Crippen LogP contribution in [0, 0.1) is 0 Å². The van der Waals surface area contributed by atoms with Crippen LogP contribution < -0.4 is 10.6 Å². The van der Waals surface area contributed by atoms with E-state index in [2.05, 4.69) is 0 Å². The minimum atomic E-state index is -0.561. The van der Waals surface area contributed by atoms with Crippen LogP contribution in [-0.2, 0) is 0 Å².